The molecule has 6 nitrogen and oxygen atoms in total. The van der Waals surface area contributed by atoms with Crippen molar-refractivity contribution in [3.8, 4) is 0 Å². The van der Waals surface area contributed by atoms with E-state index >= 15 is 0 Å². The van der Waals surface area contributed by atoms with Crippen LogP contribution in [0.3, 0.4) is 0 Å². The third kappa shape index (κ3) is 5.98. The van der Waals surface area contributed by atoms with Crippen molar-refractivity contribution >= 4 is 41.7 Å². The zero-order chi connectivity index (χ0) is 16.7. The highest BCUT2D eigenvalue weighted by molar-refractivity contribution is 7.98. The van der Waals surface area contributed by atoms with Gasteiger partial charge in [0.25, 0.3) is 5.91 Å². The number of halogens is 1. The molecule has 2 amide bonds. The van der Waals surface area contributed by atoms with Crippen LogP contribution < -0.4 is 11.1 Å². The SMILES string of the molecule is CSCC[C@H](N)C(=O)Nc1ccc(C(=O)N2CCOCC2)cc1.Cl. The molecule has 134 valence electrons. The average molecular weight is 374 g/mol. The van der Waals surface area contributed by atoms with Gasteiger partial charge in [0, 0.05) is 24.3 Å². The van der Waals surface area contributed by atoms with E-state index in [9.17, 15) is 9.59 Å². The first kappa shape index (κ1) is 20.8. The summed E-state index contributed by atoms with van der Waals surface area (Å²) in [6, 6.07) is 6.39. The second kappa shape index (κ2) is 10.6. The Morgan fingerprint density at radius 3 is 2.50 bits per heavy atom. The number of ether oxygens (including phenoxy) is 1. The van der Waals surface area contributed by atoms with Crippen molar-refractivity contribution in [3.63, 3.8) is 0 Å². The third-order valence-electron chi connectivity index (χ3n) is 3.67. The van der Waals surface area contributed by atoms with Gasteiger partial charge in [-0.1, -0.05) is 0 Å². The molecular weight excluding hydrogens is 350 g/mol. The molecule has 0 bridgehead atoms. The van der Waals surface area contributed by atoms with Crippen molar-refractivity contribution in [3.05, 3.63) is 29.8 Å². The van der Waals surface area contributed by atoms with E-state index in [0.29, 0.717) is 44.0 Å². The van der Waals surface area contributed by atoms with E-state index in [1.807, 2.05) is 6.26 Å². The fraction of sp³-hybridized carbons (Fsp3) is 0.500. The quantitative estimate of drug-likeness (QED) is 0.791. The number of benzene rings is 1. The van der Waals surface area contributed by atoms with E-state index in [1.165, 1.54) is 0 Å². The van der Waals surface area contributed by atoms with Crippen LogP contribution in [0.25, 0.3) is 0 Å². The lowest BCUT2D eigenvalue weighted by Gasteiger charge is -2.26. The van der Waals surface area contributed by atoms with Crippen LogP contribution >= 0.6 is 24.2 Å². The summed E-state index contributed by atoms with van der Waals surface area (Å²) in [6.45, 7) is 2.38. The van der Waals surface area contributed by atoms with E-state index in [1.54, 1.807) is 40.9 Å². The summed E-state index contributed by atoms with van der Waals surface area (Å²) in [4.78, 5) is 26.0. The zero-order valence-corrected chi connectivity index (χ0v) is 15.3. The summed E-state index contributed by atoms with van der Waals surface area (Å²) in [5.74, 6) is 0.635. The van der Waals surface area contributed by atoms with Gasteiger partial charge in [-0.25, -0.2) is 0 Å². The smallest absolute Gasteiger partial charge is 0.254 e. The number of hydrogen-bond donors (Lipinski definition) is 2. The van der Waals surface area contributed by atoms with Gasteiger partial charge < -0.3 is 20.7 Å². The molecule has 1 aliphatic heterocycles. The number of carbonyl (C=O) groups excluding carboxylic acids is 2. The second-order valence-corrected chi connectivity index (χ2v) is 6.34. The Morgan fingerprint density at radius 2 is 1.92 bits per heavy atom. The van der Waals surface area contributed by atoms with Crippen LogP contribution in [0.2, 0.25) is 0 Å². The predicted octanol–water partition coefficient (Wildman–Crippen LogP) is 1.60. The molecule has 24 heavy (non-hydrogen) atoms. The molecule has 8 heteroatoms. The number of nitrogens with two attached hydrogens (primary N) is 1. The highest BCUT2D eigenvalue weighted by atomic mass is 35.5. The molecule has 0 saturated carbocycles. The van der Waals surface area contributed by atoms with Crippen LogP contribution in [0.5, 0.6) is 0 Å². The Morgan fingerprint density at radius 1 is 1.29 bits per heavy atom. The summed E-state index contributed by atoms with van der Waals surface area (Å²) in [6.07, 6.45) is 2.62. The Bertz CT molecular complexity index is 536. The van der Waals surface area contributed by atoms with Crippen LogP contribution in [-0.4, -0.2) is 61.1 Å². The second-order valence-electron chi connectivity index (χ2n) is 5.36. The van der Waals surface area contributed by atoms with Gasteiger partial charge in [0.2, 0.25) is 5.91 Å². The van der Waals surface area contributed by atoms with Crippen molar-refractivity contribution in [2.45, 2.75) is 12.5 Å². The minimum Gasteiger partial charge on any atom is -0.378 e. The fourth-order valence-corrected chi connectivity index (χ4v) is 2.75. The maximum absolute atomic E-state index is 12.3. The molecule has 1 aromatic carbocycles. The van der Waals surface area contributed by atoms with Gasteiger partial charge in [-0.3, -0.25) is 9.59 Å². The van der Waals surface area contributed by atoms with E-state index in [-0.39, 0.29) is 24.2 Å². The van der Waals surface area contributed by atoms with E-state index in [4.69, 9.17) is 10.5 Å². The number of nitrogens with zero attached hydrogens (tertiary/aromatic N) is 1. The molecule has 2 rings (SSSR count). The topological polar surface area (TPSA) is 84.7 Å². The lowest BCUT2D eigenvalue weighted by molar-refractivity contribution is -0.117. The molecule has 1 heterocycles. The maximum Gasteiger partial charge on any atom is 0.254 e. The standard InChI is InChI=1S/C16H23N3O3S.ClH/c1-23-11-6-14(17)15(20)18-13-4-2-12(3-5-13)16(21)19-7-9-22-10-8-19;/h2-5,14H,6-11,17H2,1H3,(H,18,20);1H/t14-;/m0./s1. The van der Waals surface area contributed by atoms with Gasteiger partial charge in [-0.2, -0.15) is 11.8 Å². The minimum atomic E-state index is -0.517. The molecular formula is C16H24ClN3O3S. The zero-order valence-electron chi connectivity index (χ0n) is 13.7. The number of amides is 2. The predicted molar refractivity (Wildman–Crippen MR) is 100 cm³/mol. The average Bonchev–Trinajstić information content (AvgIpc) is 2.60. The molecule has 0 unspecified atom stereocenters. The molecule has 1 saturated heterocycles. The van der Waals surface area contributed by atoms with Crippen molar-refractivity contribution in [2.24, 2.45) is 5.73 Å². The number of anilines is 1. The Hall–Kier alpha value is -1.28. The molecule has 0 radical (unpaired) electrons. The number of nitrogens with one attached hydrogen (secondary N) is 1. The van der Waals surface area contributed by atoms with Crippen LogP contribution in [0.15, 0.2) is 24.3 Å². The van der Waals surface area contributed by atoms with Gasteiger partial charge in [0.05, 0.1) is 19.3 Å². The number of hydrogen-bond acceptors (Lipinski definition) is 5. The monoisotopic (exact) mass is 373 g/mol. The molecule has 3 N–H and O–H groups in total. The van der Waals surface area contributed by atoms with E-state index < -0.39 is 6.04 Å². The maximum atomic E-state index is 12.3. The summed E-state index contributed by atoms with van der Waals surface area (Å²) in [5, 5.41) is 2.78. The van der Waals surface area contributed by atoms with Crippen LogP contribution in [0.4, 0.5) is 5.69 Å². The number of rotatable bonds is 6. The fourth-order valence-electron chi connectivity index (χ4n) is 2.26. The van der Waals surface area contributed by atoms with Crippen LogP contribution in [0.1, 0.15) is 16.8 Å². The molecule has 1 fully saturated rings. The number of morpholine rings is 1. The summed E-state index contributed by atoms with van der Waals surface area (Å²) >= 11 is 1.66. The summed E-state index contributed by atoms with van der Waals surface area (Å²) in [7, 11) is 0. The highest BCUT2D eigenvalue weighted by Crippen LogP contribution is 2.13. The van der Waals surface area contributed by atoms with Crippen molar-refractivity contribution in [2.75, 3.05) is 43.6 Å². The Kier molecular flexibility index (Phi) is 9.13. The Labute approximate surface area is 152 Å². The molecule has 0 aliphatic carbocycles. The van der Waals surface area contributed by atoms with Crippen molar-refractivity contribution < 1.29 is 14.3 Å². The van der Waals surface area contributed by atoms with Gasteiger partial charge in [0.1, 0.15) is 0 Å². The highest BCUT2D eigenvalue weighted by Gasteiger charge is 2.18. The molecule has 1 aromatic rings. The summed E-state index contributed by atoms with van der Waals surface area (Å²) < 4.78 is 5.24. The van der Waals surface area contributed by atoms with Gasteiger partial charge >= 0.3 is 0 Å². The third-order valence-corrected chi connectivity index (χ3v) is 4.31. The van der Waals surface area contributed by atoms with Crippen molar-refractivity contribution in [1.29, 1.82) is 0 Å². The minimum absolute atomic E-state index is 0. The Balaban J connectivity index is 0.00000288. The van der Waals surface area contributed by atoms with E-state index in [0.717, 1.165) is 5.75 Å². The first-order valence-corrected chi connectivity index (χ1v) is 9.03. The summed E-state index contributed by atoms with van der Waals surface area (Å²) in [5.41, 5.74) is 7.08. The van der Waals surface area contributed by atoms with E-state index in [2.05, 4.69) is 5.32 Å². The molecule has 1 atom stereocenters. The lowest BCUT2D eigenvalue weighted by atomic mass is 10.1. The van der Waals surface area contributed by atoms with Crippen molar-refractivity contribution in [1.82, 2.24) is 4.90 Å². The largest absolute Gasteiger partial charge is 0.378 e. The molecule has 0 aromatic heterocycles. The lowest BCUT2D eigenvalue weighted by Crippen LogP contribution is -2.40. The van der Waals surface area contributed by atoms with Crippen LogP contribution in [-0.2, 0) is 9.53 Å². The molecule has 0 spiro atoms. The first-order valence-electron chi connectivity index (χ1n) is 7.64. The van der Waals surface area contributed by atoms with Gasteiger partial charge in [-0.05, 0) is 42.7 Å². The number of carbonyl (C=O) groups is 2. The molecule has 1 aliphatic rings. The number of thioether (sulfide) groups is 1. The normalized spacial score (nSPS) is 15.3. The van der Waals surface area contributed by atoms with Gasteiger partial charge in [-0.15, -0.1) is 12.4 Å². The first-order chi connectivity index (χ1) is 11.1. The van der Waals surface area contributed by atoms with Gasteiger partial charge in [0.15, 0.2) is 0 Å². The van der Waals surface area contributed by atoms with Crippen LogP contribution in [0, 0.1) is 0 Å².